The molecular formula is C18H18N2O2. The minimum atomic E-state index is 0.0419. The highest BCUT2D eigenvalue weighted by molar-refractivity contribution is 5.96. The van der Waals surface area contributed by atoms with Gasteiger partial charge in [-0.1, -0.05) is 24.3 Å². The molecule has 4 heteroatoms. The molecule has 112 valence electrons. The molecule has 0 aliphatic carbocycles. The summed E-state index contributed by atoms with van der Waals surface area (Å²) in [5, 5.41) is 9.22. The van der Waals surface area contributed by atoms with Gasteiger partial charge in [0.2, 0.25) is 5.91 Å². The molecule has 1 unspecified atom stereocenters. The van der Waals surface area contributed by atoms with Gasteiger partial charge in [-0.2, -0.15) is 0 Å². The van der Waals surface area contributed by atoms with E-state index in [2.05, 4.69) is 4.98 Å². The van der Waals surface area contributed by atoms with Crippen molar-refractivity contribution in [3.05, 3.63) is 59.9 Å². The number of amides is 1. The molecule has 1 aromatic carbocycles. The van der Waals surface area contributed by atoms with E-state index in [0.717, 1.165) is 16.9 Å². The number of anilines is 1. The third-order valence-electron chi connectivity index (χ3n) is 3.78. The zero-order valence-corrected chi connectivity index (χ0v) is 12.2. The quantitative estimate of drug-likeness (QED) is 0.943. The van der Waals surface area contributed by atoms with Crippen molar-refractivity contribution >= 4 is 23.7 Å². The van der Waals surface area contributed by atoms with E-state index in [1.54, 1.807) is 11.1 Å². The van der Waals surface area contributed by atoms with Crippen LogP contribution >= 0.6 is 0 Å². The Hall–Kier alpha value is -2.46. The van der Waals surface area contributed by atoms with Crippen LogP contribution in [0, 0.1) is 5.92 Å². The lowest BCUT2D eigenvalue weighted by atomic mass is 10.1. The second-order valence-electron chi connectivity index (χ2n) is 5.44. The molecule has 1 aliphatic heterocycles. The molecule has 1 aliphatic rings. The molecule has 0 saturated carbocycles. The van der Waals surface area contributed by atoms with Gasteiger partial charge in [-0.25, -0.2) is 0 Å². The summed E-state index contributed by atoms with van der Waals surface area (Å²) < 4.78 is 0. The summed E-state index contributed by atoms with van der Waals surface area (Å²) in [7, 11) is 0. The molecule has 3 rings (SSSR count). The van der Waals surface area contributed by atoms with Crippen LogP contribution in [0.4, 0.5) is 5.69 Å². The van der Waals surface area contributed by atoms with Gasteiger partial charge in [0.15, 0.2) is 0 Å². The Morgan fingerprint density at radius 1 is 1.23 bits per heavy atom. The molecule has 1 N–H and O–H groups in total. The lowest BCUT2D eigenvalue weighted by Gasteiger charge is -2.16. The third-order valence-corrected chi connectivity index (χ3v) is 3.78. The summed E-state index contributed by atoms with van der Waals surface area (Å²) in [6, 6.07) is 13.6. The van der Waals surface area contributed by atoms with E-state index in [0.29, 0.717) is 13.0 Å². The van der Waals surface area contributed by atoms with Gasteiger partial charge in [-0.05, 0) is 35.9 Å². The van der Waals surface area contributed by atoms with Gasteiger partial charge in [0.05, 0.1) is 5.69 Å². The average molecular weight is 294 g/mol. The molecule has 0 bridgehead atoms. The smallest absolute Gasteiger partial charge is 0.227 e. The second kappa shape index (κ2) is 6.54. The number of nitrogens with zero attached hydrogens (tertiary/aromatic N) is 2. The van der Waals surface area contributed by atoms with E-state index in [-0.39, 0.29) is 18.4 Å². The zero-order valence-electron chi connectivity index (χ0n) is 12.2. The Labute approximate surface area is 129 Å². The molecule has 1 atom stereocenters. The molecule has 22 heavy (non-hydrogen) atoms. The van der Waals surface area contributed by atoms with Crippen molar-refractivity contribution in [1.29, 1.82) is 0 Å². The Bertz CT molecular complexity index is 682. The summed E-state index contributed by atoms with van der Waals surface area (Å²) in [5.74, 6) is 0.116. The standard InChI is InChI=1S/C18H18N2O2/c21-13-15-11-18(22)20(12-15)17-6-3-4-14(10-17)7-8-16-5-1-2-9-19-16/h1-10,15,21H,11-13H2. The Morgan fingerprint density at radius 3 is 2.86 bits per heavy atom. The van der Waals surface area contributed by atoms with Gasteiger partial charge in [-0.15, -0.1) is 0 Å². The van der Waals surface area contributed by atoms with Gasteiger partial charge in [0.25, 0.3) is 0 Å². The molecular weight excluding hydrogens is 276 g/mol. The maximum absolute atomic E-state index is 12.0. The van der Waals surface area contributed by atoms with Crippen LogP contribution < -0.4 is 4.90 Å². The fourth-order valence-electron chi connectivity index (χ4n) is 2.61. The van der Waals surface area contributed by atoms with Crippen LogP contribution in [0.5, 0.6) is 0 Å². The molecule has 2 aromatic rings. The van der Waals surface area contributed by atoms with E-state index in [4.69, 9.17) is 0 Å². The van der Waals surface area contributed by atoms with E-state index < -0.39 is 0 Å². The highest BCUT2D eigenvalue weighted by Crippen LogP contribution is 2.26. The SMILES string of the molecule is O=C1CC(CO)CN1c1cccc(C=Cc2ccccn2)c1. The maximum Gasteiger partial charge on any atom is 0.227 e. The number of carbonyl (C=O) groups excluding carboxylic acids is 1. The molecule has 0 radical (unpaired) electrons. The maximum atomic E-state index is 12.0. The highest BCUT2D eigenvalue weighted by Gasteiger charge is 2.29. The van der Waals surface area contributed by atoms with Crippen molar-refractivity contribution in [3.8, 4) is 0 Å². The monoisotopic (exact) mass is 294 g/mol. The van der Waals surface area contributed by atoms with Crippen LogP contribution in [0.3, 0.4) is 0 Å². The van der Waals surface area contributed by atoms with E-state index >= 15 is 0 Å². The highest BCUT2D eigenvalue weighted by atomic mass is 16.3. The Balaban J connectivity index is 1.78. The van der Waals surface area contributed by atoms with Gasteiger partial charge < -0.3 is 10.0 Å². The van der Waals surface area contributed by atoms with E-state index in [1.807, 2.05) is 54.6 Å². The van der Waals surface area contributed by atoms with E-state index in [9.17, 15) is 9.90 Å². The minimum absolute atomic E-state index is 0.0419. The fraction of sp³-hybridized carbons (Fsp3) is 0.222. The number of aromatic nitrogens is 1. The number of pyridine rings is 1. The van der Waals surface area contributed by atoms with Crippen LogP contribution in [0.1, 0.15) is 17.7 Å². The summed E-state index contributed by atoms with van der Waals surface area (Å²) >= 11 is 0. The van der Waals surface area contributed by atoms with Crippen LogP contribution in [-0.2, 0) is 4.79 Å². The number of benzene rings is 1. The first-order valence-electron chi connectivity index (χ1n) is 7.36. The normalized spacial score (nSPS) is 18.3. The summed E-state index contributed by atoms with van der Waals surface area (Å²) in [5.41, 5.74) is 2.79. The van der Waals surface area contributed by atoms with Gasteiger partial charge >= 0.3 is 0 Å². The molecule has 0 spiro atoms. The molecule has 4 nitrogen and oxygen atoms in total. The lowest BCUT2D eigenvalue weighted by molar-refractivity contribution is -0.117. The Morgan fingerprint density at radius 2 is 2.14 bits per heavy atom. The lowest BCUT2D eigenvalue weighted by Crippen LogP contribution is -2.24. The number of aliphatic hydroxyl groups is 1. The van der Waals surface area contributed by atoms with Crippen LogP contribution in [0.2, 0.25) is 0 Å². The molecule has 1 saturated heterocycles. The number of hydrogen-bond acceptors (Lipinski definition) is 3. The topological polar surface area (TPSA) is 53.4 Å². The third kappa shape index (κ3) is 3.23. The van der Waals surface area contributed by atoms with Crippen molar-refractivity contribution in [2.24, 2.45) is 5.92 Å². The molecule has 1 fully saturated rings. The predicted molar refractivity (Wildman–Crippen MR) is 87.2 cm³/mol. The van der Waals surface area contributed by atoms with Crippen molar-refractivity contribution in [2.45, 2.75) is 6.42 Å². The molecule has 2 heterocycles. The minimum Gasteiger partial charge on any atom is -0.396 e. The van der Waals surface area contributed by atoms with Crippen molar-refractivity contribution in [1.82, 2.24) is 4.98 Å². The van der Waals surface area contributed by atoms with E-state index in [1.165, 1.54) is 0 Å². The summed E-state index contributed by atoms with van der Waals surface area (Å²) in [4.78, 5) is 18.0. The number of aliphatic hydroxyl groups excluding tert-OH is 1. The van der Waals surface area contributed by atoms with Gasteiger partial charge in [-0.3, -0.25) is 9.78 Å². The van der Waals surface area contributed by atoms with Crippen LogP contribution in [0.15, 0.2) is 48.7 Å². The Kier molecular flexibility index (Phi) is 4.30. The van der Waals surface area contributed by atoms with Crippen LogP contribution in [-0.4, -0.2) is 29.1 Å². The second-order valence-corrected chi connectivity index (χ2v) is 5.44. The van der Waals surface area contributed by atoms with Crippen molar-refractivity contribution < 1.29 is 9.90 Å². The number of hydrogen-bond donors (Lipinski definition) is 1. The van der Waals surface area contributed by atoms with Crippen LogP contribution in [0.25, 0.3) is 12.2 Å². The molecule has 1 aromatic heterocycles. The number of carbonyl (C=O) groups is 1. The predicted octanol–water partition coefficient (Wildman–Crippen LogP) is 2.60. The van der Waals surface area contributed by atoms with Crippen molar-refractivity contribution in [3.63, 3.8) is 0 Å². The van der Waals surface area contributed by atoms with Crippen molar-refractivity contribution in [2.75, 3.05) is 18.1 Å². The number of rotatable bonds is 4. The first-order valence-corrected chi connectivity index (χ1v) is 7.36. The summed E-state index contributed by atoms with van der Waals surface area (Å²) in [6.07, 6.45) is 6.11. The zero-order chi connectivity index (χ0) is 15.4. The fourth-order valence-corrected chi connectivity index (χ4v) is 2.61. The van der Waals surface area contributed by atoms with Gasteiger partial charge in [0.1, 0.15) is 0 Å². The molecule has 1 amide bonds. The summed E-state index contributed by atoms with van der Waals surface area (Å²) in [6.45, 7) is 0.643. The largest absolute Gasteiger partial charge is 0.396 e. The van der Waals surface area contributed by atoms with Gasteiger partial charge in [0, 0.05) is 37.4 Å². The average Bonchev–Trinajstić information content (AvgIpc) is 2.95. The first-order chi connectivity index (χ1) is 10.8. The first kappa shape index (κ1) is 14.5.